The molecule has 4 nitrogen and oxygen atoms in total. The van der Waals surface area contributed by atoms with E-state index in [-0.39, 0.29) is 0 Å². The van der Waals surface area contributed by atoms with Crippen LogP contribution in [0.25, 0.3) is 0 Å². The summed E-state index contributed by atoms with van der Waals surface area (Å²) in [5, 5.41) is 12.0. The van der Waals surface area contributed by atoms with Gasteiger partial charge in [-0.15, -0.1) is 0 Å². The van der Waals surface area contributed by atoms with Crippen molar-refractivity contribution in [1.82, 2.24) is 5.43 Å². The smallest absolute Gasteiger partial charge is 0.00172 e. The molecule has 5 N–H and O–H groups in total. The van der Waals surface area contributed by atoms with Crippen LogP contribution in [-0.2, 0) is 0 Å². The van der Waals surface area contributed by atoms with Crippen molar-refractivity contribution in [1.29, 1.82) is 0 Å². The molecule has 0 saturated carbocycles. The summed E-state index contributed by atoms with van der Waals surface area (Å²) < 4.78 is 0. The molecule has 0 aliphatic carbocycles. The van der Waals surface area contributed by atoms with Crippen molar-refractivity contribution in [3.63, 3.8) is 0 Å². The molecule has 4 heteroatoms. The lowest BCUT2D eigenvalue weighted by Gasteiger charge is -1.62. The lowest BCUT2D eigenvalue weighted by atomic mass is 11.5. The summed E-state index contributed by atoms with van der Waals surface area (Å²) in [6.07, 6.45) is 0. The SMILES string of the molecule is CNN.OO. The van der Waals surface area contributed by atoms with Crippen molar-refractivity contribution in [2.24, 2.45) is 5.84 Å². The molecule has 0 aromatic heterocycles. The van der Waals surface area contributed by atoms with Crippen LogP contribution in [0.4, 0.5) is 0 Å². The maximum atomic E-state index is 6.00. The average Bonchev–Trinajstić information content (AvgIpc) is 1.46. The van der Waals surface area contributed by atoms with Crippen LogP contribution in [0, 0.1) is 0 Å². The minimum absolute atomic E-state index is 1.65. The Balaban J connectivity index is 0. The Morgan fingerprint density at radius 1 is 1.60 bits per heavy atom. The van der Waals surface area contributed by atoms with E-state index in [1.54, 1.807) is 7.05 Å². The van der Waals surface area contributed by atoms with Crippen LogP contribution >= 0.6 is 0 Å². The van der Waals surface area contributed by atoms with E-state index in [0.717, 1.165) is 0 Å². The second-order valence-electron chi connectivity index (χ2n) is 0.289. The van der Waals surface area contributed by atoms with Crippen LogP contribution in [0.15, 0.2) is 0 Å². The molecule has 0 atom stereocenters. The van der Waals surface area contributed by atoms with Crippen molar-refractivity contribution in [2.45, 2.75) is 0 Å². The zero-order chi connectivity index (χ0) is 4.71. The Morgan fingerprint density at radius 2 is 1.60 bits per heavy atom. The Kier molecular flexibility index (Phi) is 77.7. The first-order valence-corrected chi connectivity index (χ1v) is 0.989. The van der Waals surface area contributed by atoms with E-state index in [1.807, 2.05) is 0 Å². The zero-order valence-electron chi connectivity index (χ0n) is 2.97. The molecule has 0 aliphatic rings. The van der Waals surface area contributed by atoms with Crippen LogP contribution in [0.2, 0.25) is 0 Å². The largest absolute Gasteiger partial charge is 0.272 e. The zero-order valence-corrected chi connectivity index (χ0v) is 2.97. The van der Waals surface area contributed by atoms with Gasteiger partial charge in [0.2, 0.25) is 0 Å². The molecule has 5 heavy (non-hydrogen) atoms. The molecule has 0 spiro atoms. The number of nitrogens with two attached hydrogens (primary N) is 1. The summed E-state index contributed by atoms with van der Waals surface area (Å²) in [5.41, 5.74) is 2.25. The van der Waals surface area contributed by atoms with Gasteiger partial charge < -0.3 is 0 Å². The number of hydrogen-bond donors (Lipinski definition) is 4. The maximum absolute atomic E-state index is 6.00. The Bertz CT molecular complexity index is 7.61. The lowest BCUT2D eigenvalue weighted by molar-refractivity contribution is -0.176. The molecule has 0 aromatic rings. The third-order valence-corrected chi connectivity index (χ3v) is 0. The van der Waals surface area contributed by atoms with E-state index < -0.39 is 0 Å². The van der Waals surface area contributed by atoms with E-state index in [0.29, 0.717) is 0 Å². The Labute approximate surface area is 30.1 Å². The average molecular weight is 80.1 g/mol. The fourth-order valence-corrected chi connectivity index (χ4v) is 0. The number of rotatable bonds is 0. The maximum Gasteiger partial charge on any atom is -0.00172 e. The molecule has 0 fully saturated rings. The summed E-state index contributed by atoms with van der Waals surface area (Å²) in [4.78, 5) is 0. The topological polar surface area (TPSA) is 78.5 Å². The summed E-state index contributed by atoms with van der Waals surface area (Å²) in [5.74, 6) is 4.60. The lowest BCUT2D eigenvalue weighted by Crippen LogP contribution is -2.13. The van der Waals surface area contributed by atoms with Crippen LogP contribution < -0.4 is 11.3 Å². The van der Waals surface area contributed by atoms with Crippen LogP contribution in [0.1, 0.15) is 0 Å². The first-order valence-electron chi connectivity index (χ1n) is 0.989. The molecule has 0 unspecified atom stereocenters. The van der Waals surface area contributed by atoms with Gasteiger partial charge in [-0.05, 0) is 7.05 Å². The minimum Gasteiger partial charge on any atom is -0.272 e. The molecule has 0 bridgehead atoms. The summed E-state index contributed by atoms with van der Waals surface area (Å²) in [7, 11) is 1.65. The second-order valence-corrected chi connectivity index (χ2v) is 0.289. The highest BCUT2D eigenvalue weighted by Gasteiger charge is 1.22. The normalized spacial score (nSPS) is 4.80. The summed E-state index contributed by atoms with van der Waals surface area (Å²) in [6.45, 7) is 0. The first kappa shape index (κ1) is 8.85. The van der Waals surface area contributed by atoms with Crippen LogP contribution in [0.3, 0.4) is 0 Å². The second kappa shape index (κ2) is 43.9. The van der Waals surface area contributed by atoms with Gasteiger partial charge in [-0.1, -0.05) is 0 Å². The molecule has 0 radical (unpaired) electrons. The Hall–Kier alpha value is -0.160. The van der Waals surface area contributed by atoms with Gasteiger partial charge in [0.05, 0.1) is 0 Å². The Morgan fingerprint density at radius 3 is 1.60 bits per heavy atom. The highest BCUT2D eigenvalue weighted by atomic mass is 17.0. The third kappa shape index (κ3) is 508. The molecule has 34 valence electrons. The van der Waals surface area contributed by atoms with E-state index in [1.165, 1.54) is 0 Å². The van der Waals surface area contributed by atoms with Gasteiger partial charge in [0, 0.05) is 0 Å². The van der Waals surface area contributed by atoms with Gasteiger partial charge in [-0.2, -0.15) is 0 Å². The highest BCUT2D eigenvalue weighted by Crippen LogP contribution is 0.817. The van der Waals surface area contributed by atoms with Gasteiger partial charge >= 0.3 is 0 Å². The molecular weight excluding hydrogens is 72.0 g/mol. The van der Waals surface area contributed by atoms with Gasteiger partial charge in [0.15, 0.2) is 0 Å². The van der Waals surface area contributed by atoms with E-state index in [2.05, 4.69) is 11.3 Å². The fourth-order valence-electron chi connectivity index (χ4n) is 0. The fraction of sp³-hybridized carbons (Fsp3) is 1.00. The van der Waals surface area contributed by atoms with Crippen molar-refractivity contribution in [3.8, 4) is 0 Å². The standard InChI is InChI=1S/CH6N2.H2O2/c1-3-2;1-2/h3H,2H2,1H3;1-2H. The van der Waals surface area contributed by atoms with E-state index in [9.17, 15) is 0 Å². The quantitative estimate of drug-likeness (QED) is 0.173. The highest BCUT2D eigenvalue weighted by molar-refractivity contribution is 3.79. The molecule has 0 rings (SSSR count). The summed E-state index contributed by atoms with van der Waals surface area (Å²) >= 11 is 0. The molecule has 0 aromatic carbocycles. The van der Waals surface area contributed by atoms with Crippen LogP contribution in [0.5, 0.6) is 0 Å². The monoisotopic (exact) mass is 80.1 g/mol. The van der Waals surface area contributed by atoms with E-state index in [4.69, 9.17) is 10.5 Å². The molecule has 0 saturated heterocycles. The van der Waals surface area contributed by atoms with Crippen molar-refractivity contribution >= 4 is 0 Å². The predicted molar refractivity (Wildman–Crippen MR) is 18.5 cm³/mol. The number of hydrazine groups is 1. The molecule has 0 aliphatic heterocycles. The molecule has 0 heterocycles. The molecule has 0 amide bonds. The number of hydrogen-bond acceptors (Lipinski definition) is 4. The van der Waals surface area contributed by atoms with Crippen molar-refractivity contribution < 1.29 is 10.5 Å². The number of nitrogens with one attached hydrogen (secondary N) is 1. The molecular formula is CH8N2O2. The first-order chi connectivity index (χ1) is 2.41. The summed E-state index contributed by atoms with van der Waals surface area (Å²) in [6, 6.07) is 0. The predicted octanol–water partition coefficient (Wildman–Crippen LogP) is -0.903. The van der Waals surface area contributed by atoms with Gasteiger partial charge in [0.25, 0.3) is 0 Å². The van der Waals surface area contributed by atoms with E-state index >= 15 is 0 Å². The van der Waals surface area contributed by atoms with Gasteiger partial charge in [0.1, 0.15) is 0 Å². The van der Waals surface area contributed by atoms with Crippen LogP contribution in [-0.4, -0.2) is 17.6 Å². The van der Waals surface area contributed by atoms with Crippen molar-refractivity contribution in [3.05, 3.63) is 0 Å². The third-order valence-electron chi connectivity index (χ3n) is 0. The minimum atomic E-state index is 1.65. The van der Waals surface area contributed by atoms with Gasteiger partial charge in [-0.25, -0.2) is 0 Å². The van der Waals surface area contributed by atoms with Gasteiger partial charge in [-0.3, -0.25) is 21.8 Å². The van der Waals surface area contributed by atoms with Crippen molar-refractivity contribution in [2.75, 3.05) is 7.05 Å².